The van der Waals surface area contributed by atoms with Gasteiger partial charge in [0.1, 0.15) is 0 Å². The highest BCUT2D eigenvalue weighted by molar-refractivity contribution is 5.99. The van der Waals surface area contributed by atoms with E-state index in [-0.39, 0.29) is 5.91 Å². The molecule has 0 aliphatic heterocycles. The number of rotatable bonds is 7. The highest BCUT2D eigenvalue weighted by Gasteiger charge is 2.10. The number of carbonyl (C=O) groups excluding carboxylic acids is 1. The molecule has 0 radical (unpaired) electrons. The number of nitrogens with zero attached hydrogens (tertiary/aromatic N) is 2. The van der Waals surface area contributed by atoms with Crippen molar-refractivity contribution in [3.63, 3.8) is 0 Å². The molecule has 0 atom stereocenters. The van der Waals surface area contributed by atoms with E-state index in [1.165, 1.54) is 0 Å². The lowest BCUT2D eigenvalue weighted by atomic mass is 10.2. The van der Waals surface area contributed by atoms with Crippen LogP contribution in [-0.2, 0) is 6.42 Å². The maximum Gasteiger partial charge on any atom is 0.253 e. The van der Waals surface area contributed by atoms with Crippen LogP contribution >= 0.6 is 0 Å². The smallest absolute Gasteiger partial charge is 0.253 e. The van der Waals surface area contributed by atoms with E-state index >= 15 is 0 Å². The fourth-order valence-electron chi connectivity index (χ4n) is 1.94. The van der Waals surface area contributed by atoms with Crippen LogP contribution in [0, 0.1) is 0 Å². The standard InChI is InChI=1S/C16H20N4O/c1-2-8-19-15-12-17-10-7-14(15)16(21)20-11-6-13-5-3-4-9-18-13/h3-5,7,9-10,12,19H,2,6,8,11H2,1H3,(H,20,21). The summed E-state index contributed by atoms with van der Waals surface area (Å²) in [4.78, 5) is 20.5. The van der Waals surface area contributed by atoms with Crippen LogP contribution in [0.25, 0.3) is 0 Å². The molecule has 0 aliphatic rings. The fraction of sp³-hybridized carbons (Fsp3) is 0.312. The molecular weight excluding hydrogens is 264 g/mol. The molecule has 2 aromatic rings. The first-order chi connectivity index (χ1) is 10.3. The normalized spacial score (nSPS) is 10.1. The molecule has 21 heavy (non-hydrogen) atoms. The van der Waals surface area contributed by atoms with Gasteiger partial charge in [-0.1, -0.05) is 13.0 Å². The zero-order chi connectivity index (χ0) is 14.9. The molecule has 0 saturated carbocycles. The molecule has 2 N–H and O–H groups in total. The Morgan fingerprint density at radius 3 is 2.86 bits per heavy atom. The van der Waals surface area contributed by atoms with Crippen molar-refractivity contribution in [2.75, 3.05) is 18.4 Å². The van der Waals surface area contributed by atoms with Crippen LogP contribution in [0.3, 0.4) is 0 Å². The summed E-state index contributed by atoms with van der Waals surface area (Å²) >= 11 is 0. The Morgan fingerprint density at radius 2 is 2.10 bits per heavy atom. The Balaban J connectivity index is 1.91. The maximum atomic E-state index is 12.2. The zero-order valence-corrected chi connectivity index (χ0v) is 12.2. The lowest BCUT2D eigenvalue weighted by molar-refractivity contribution is 0.0954. The lowest BCUT2D eigenvalue weighted by Crippen LogP contribution is -2.27. The third-order valence-corrected chi connectivity index (χ3v) is 3.02. The minimum atomic E-state index is -0.0908. The average Bonchev–Trinajstić information content (AvgIpc) is 2.54. The van der Waals surface area contributed by atoms with Crippen molar-refractivity contribution >= 4 is 11.6 Å². The number of hydrogen-bond donors (Lipinski definition) is 2. The first-order valence-electron chi connectivity index (χ1n) is 7.17. The molecule has 0 spiro atoms. The number of hydrogen-bond acceptors (Lipinski definition) is 4. The van der Waals surface area contributed by atoms with Gasteiger partial charge in [0.15, 0.2) is 0 Å². The summed E-state index contributed by atoms with van der Waals surface area (Å²) in [6.45, 7) is 3.46. The van der Waals surface area contributed by atoms with Gasteiger partial charge >= 0.3 is 0 Å². The van der Waals surface area contributed by atoms with Crippen molar-refractivity contribution in [1.82, 2.24) is 15.3 Å². The van der Waals surface area contributed by atoms with E-state index in [4.69, 9.17) is 0 Å². The fourth-order valence-corrected chi connectivity index (χ4v) is 1.94. The second kappa shape index (κ2) is 7.99. The second-order valence-corrected chi connectivity index (χ2v) is 4.68. The summed E-state index contributed by atoms with van der Waals surface area (Å²) in [5.41, 5.74) is 2.37. The number of aromatic nitrogens is 2. The predicted molar refractivity (Wildman–Crippen MR) is 83.3 cm³/mol. The Hall–Kier alpha value is -2.43. The van der Waals surface area contributed by atoms with Crippen LogP contribution in [-0.4, -0.2) is 29.0 Å². The largest absolute Gasteiger partial charge is 0.383 e. The quantitative estimate of drug-likeness (QED) is 0.818. The summed E-state index contributed by atoms with van der Waals surface area (Å²) in [5.74, 6) is -0.0908. The molecule has 2 heterocycles. The number of anilines is 1. The number of carbonyl (C=O) groups is 1. The van der Waals surface area contributed by atoms with E-state index in [1.807, 2.05) is 18.2 Å². The van der Waals surface area contributed by atoms with E-state index < -0.39 is 0 Å². The minimum absolute atomic E-state index is 0.0908. The number of amides is 1. The molecule has 1 amide bonds. The summed E-state index contributed by atoms with van der Waals surface area (Å²) < 4.78 is 0. The van der Waals surface area contributed by atoms with Gasteiger partial charge in [0.25, 0.3) is 5.91 Å². The summed E-state index contributed by atoms with van der Waals surface area (Å²) in [6.07, 6.45) is 6.78. The van der Waals surface area contributed by atoms with Crippen LogP contribution in [0.1, 0.15) is 29.4 Å². The van der Waals surface area contributed by atoms with Crippen molar-refractivity contribution in [1.29, 1.82) is 0 Å². The van der Waals surface area contributed by atoms with Gasteiger partial charge in [0.05, 0.1) is 17.4 Å². The van der Waals surface area contributed by atoms with Crippen molar-refractivity contribution in [3.05, 3.63) is 54.1 Å². The van der Waals surface area contributed by atoms with E-state index in [1.54, 1.807) is 24.7 Å². The number of nitrogens with one attached hydrogen (secondary N) is 2. The van der Waals surface area contributed by atoms with Crippen molar-refractivity contribution < 1.29 is 4.79 Å². The highest BCUT2D eigenvalue weighted by atomic mass is 16.1. The third kappa shape index (κ3) is 4.56. The number of pyridine rings is 2. The maximum absolute atomic E-state index is 12.2. The third-order valence-electron chi connectivity index (χ3n) is 3.02. The van der Waals surface area contributed by atoms with Gasteiger partial charge < -0.3 is 10.6 Å². The molecule has 0 saturated heterocycles. The molecule has 0 fully saturated rings. The zero-order valence-electron chi connectivity index (χ0n) is 12.2. The molecule has 0 unspecified atom stereocenters. The van der Waals surface area contributed by atoms with Crippen LogP contribution in [0.5, 0.6) is 0 Å². The van der Waals surface area contributed by atoms with Crippen LogP contribution in [0.15, 0.2) is 42.9 Å². The predicted octanol–water partition coefficient (Wildman–Crippen LogP) is 2.27. The molecule has 110 valence electrons. The molecule has 2 aromatic heterocycles. The molecule has 0 aromatic carbocycles. The summed E-state index contributed by atoms with van der Waals surface area (Å²) in [5, 5.41) is 6.13. The monoisotopic (exact) mass is 284 g/mol. The highest BCUT2D eigenvalue weighted by Crippen LogP contribution is 2.13. The van der Waals surface area contributed by atoms with Gasteiger partial charge in [-0.3, -0.25) is 14.8 Å². The molecule has 0 bridgehead atoms. The van der Waals surface area contributed by atoms with Gasteiger partial charge in [-0.25, -0.2) is 0 Å². The van der Waals surface area contributed by atoms with E-state index in [2.05, 4.69) is 27.5 Å². The Labute approximate surface area is 124 Å². The molecule has 2 rings (SSSR count). The SMILES string of the molecule is CCCNc1cnccc1C(=O)NCCc1ccccn1. The first kappa shape index (κ1) is 15.0. The minimum Gasteiger partial charge on any atom is -0.383 e. The summed E-state index contributed by atoms with van der Waals surface area (Å²) in [6, 6.07) is 7.51. The van der Waals surface area contributed by atoms with Gasteiger partial charge in [0, 0.05) is 37.6 Å². The Morgan fingerprint density at radius 1 is 1.19 bits per heavy atom. The second-order valence-electron chi connectivity index (χ2n) is 4.68. The Kier molecular flexibility index (Phi) is 5.70. The van der Waals surface area contributed by atoms with Crippen LogP contribution < -0.4 is 10.6 Å². The van der Waals surface area contributed by atoms with Crippen LogP contribution in [0.2, 0.25) is 0 Å². The molecule has 5 heteroatoms. The molecular formula is C16H20N4O. The van der Waals surface area contributed by atoms with Gasteiger partial charge in [-0.15, -0.1) is 0 Å². The first-order valence-corrected chi connectivity index (χ1v) is 7.17. The topological polar surface area (TPSA) is 66.9 Å². The average molecular weight is 284 g/mol. The summed E-state index contributed by atoms with van der Waals surface area (Å²) in [7, 11) is 0. The van der Waals surface area contributed by atoms with Crippen molar-refractivity contribution in [2.24, 2.45) is 0 Å². The van der Waals surface area contributed by atoms with Crippen molar-refractivity contribution in [3.8, 4) is 0 Å². The van der Waals surface area contributed by atoms with Gasteiger partial charge in [-0.05, 0) is 24.6 Å². The molecule has 0 aliphatic carbocycles. The lowest BCUT2D eigenvalue weighted by Gasteiger charge is -2.11. The van der Waals surface area contributed by atoms with Crippen molar-refractivity contribution in [2.45, 2.75) is 19.8 Å². The Bertz CT molecular complexity index is 571. The van der Waals surface area contributed by atoms with Crippen LogP contribution in [0.4, 0.5) is 5.69 Å². The van der Waals surface area contributed by atoms with E-state index in [0.717, 1.165) is 30.8 Å². The van der Waals surface area contributed by atoms with E-state index in [9.17, 15) is 4.79 Å². The van der Waals surface area contributed by atoms with Gasteiger partial charge in [-0.2, -0.15) is 0 Å². The van der Waals surface area contributed by atoms with E-state index in [0.29, 0.717) is 12.1 Å². The molecule has 5 nitrogen and oxygen atoms in total. The van der Waals surface area contributed by atoms with Gasteiger partial charge in [0.2, 0.25) is 0 Å².